The summed E-state index contributed by atoms with van der Waals surface area (Å²) in [7, 11) is 0. The molecule has 4 heteroatoms. The molecule has 1 aromatic carbocycles. The molecule has 0 saturated carbocycles. The van der Waals surface area contributed by atoms with E-state index >= 15 is 0 Å². The molecule has 18 heavy (non-hydrogen) atoms. The smallest absolute Gasteiger partial charge is 0.137 e. The molecule has 2 atom stereocenters. The van der Waals surface area contributed by atoms with Gasteiger partial charge in [0.05, 0.1) is 10.7 Å². The molecule has 0 aliphatic carbocycles. The average molecular weight is 376 g/mol. The summed E-state index contributed by atoms with van der Waals surface area (Å²) in [6.45, 7) is 0. The fraction of sp³-hybridized carbons (Fsp3) is 0.500. The first-order valence-electron chi connectivity index (χ1n) is 6.40. The third kappa shape index (κ3) is 2.27. The van der Waals surface area contributed by atoms with Crippen molar-refractivity contribution in [3.05, 3.63) is 26.8 Å². The van der Waals surface area contributed by atoms with Crippen LogP contribution in [-0.4, -0.2) is 17.9 Å². The number of Topliss-reactive ketones (excluding diaryl/α,β-unsaturated/α-hetero) is 1. The Morgan fingerprint density at radius 1 is 1.22 bits per heavy atom. The quantitative estimate of drug-likeness (QED) is 0.691. The van der Waals surface area contributed by atoms with Crippen LogP contribution in [0, 0.1) is 3.57 Å². The maximum atomic E-state index is 11.7. The topological polar surface area (TPSA) is 20.3 Å². The van der Waals surface area contributed by atoms with E-state index in [2.05, 4.69) is 33.6 Å². The lowest BCUT2D eigenvalue weighted by atomic mass is 9.83. The summed E-state index contributed by atoms with van der Waals surface area (Å²) in [4.78, 5) is 14.2. The summed E-state index contributed by atoms with van der Waals surface area (Å²) in [6, 6.07) is 6.85. The molecule has 2 saturated heterocycles. The Kier molecular flexibility index (Phi) is 3.54. The first kappa shape index (κ1) is 12.7. The number of halogens is 2. The third-order valence-corrected chi connectivity index (χ3v) is 4.97. The molecule has 0 N–H and O–H groups in total. The largest absolute Gasteiger partial charge is 0.363 e. The second kappa shape index (κ2) is 5.00. The van der Waals surface area contributed by atoms with Crippen molar-refractivity contribution in [3.63, 3.8) is 0 Å². The van der Waals surface area contributed by atoms with E-state index in [-0.39, 0.29) is 0 Å². The zero-order valence-corrected chi connectivity index (χ0v) is 12.9. The minimum absolute atomic E-state index is 0.362. The number of fused-ring (bicyclic) bond motifs is 2. The SMILES string of the molecule is O=C1CC2CCCC(C1)N2c1cc(I)ccc1Cl. The van der Waals surface area contributed by atoms with Gasteiger partial charge in [0, 0.05) is 28.5 Å². The highest BCUT2D eigenvalue weighted by Crippen LogP contribution is 2.39. The van der Waals surface area contributed by atoms with E-state index < -0.39 is 0 Å². The Morgan fingerprint density at radius 2 is 1.89 bits per heavy atom. The minimum Gasteiger partial charge on any atom is -0.363 e. The van der Waals surface area contributed by atoms with Gasteiger partial charge in [0.25, 0.3) is 0 Å². The van der Waals surface area contributed by atoms with Crippen molar-refractivity contribution in [2.75, 3.05) is 4.90 Å². The minimum atomic E-state index is 0.362. The van der Waals surface area contributed by atoms with Crippen molar-refractivity contribution in [1.82, 2.24) is 0 Å². The second-order valence-corrected chi connectivity index (χ2v) is 6.84. The van der Waals surface area contributed by atoms with Crippen LogP contribution in [0.5, 0.6) is 0 Å². The van der Waals surface area contributed by atoms with Crippen molar-refractivity contribution in [2.45, 2.75) is 44.2 Å². The molecule has 0 radical (unpaired) electrons. The molecule has 2 unspecified atom stereocenters. The molecule has 3 rings (SSSR count). The van der Waals surface area contributed by atoms with Crippen molar-refractivity contribution >= 4 is 45.7 Å². The molecule has 2 heterocycles. The van der Waals surface area contributed by atoms with Gasteiger partial charge in [-0.15, -0.1) is 0 Å². The summed E-state index contributed by atoms with van der Waals surface area (Å²) < 4.78 is 1.20. The zero-order chi connectivity index (χ0) is 12.7. The van der Waals surface area contributed by atoms with Crippen molar-refractivity contribution in [2.24, 2.45) is 0 Å². The van der Waals surface area contributed by atoms with Crippen LogP contribution < -0.4 is 4.90 Å². The second-order valence-electron chi connectivity index (χ2n) is 5.19. The van der Waals surface area contributed by atoms with Crippen LogP contribution in [0.1, 0.15) is 32.1 Å². The number of benzene rings is 1. The number of carbonyl (C=O) groups is 1. The van der Waals surface area contributed by atoms with E-state index in [0.717, 1.165) is 23.6 Å². The van der Waals surface area contributed by atoms with E-state index in [1.807, 2.05) is 12.1 Å². The lowest BCUT2D eigenvalue weighted by Crippen LogP contribution is -2.52. The standard InChI is InChI=1S/C14H15ClINO/c15-13-5-4-9(16)6-14(13)17-10-2-1-3-11(17)8-12(18)7-10/h4-6,10-11H,1-3,7-8H2. The summed E-state index contributed by atoms with van der Waals surface area (Å²) in [5, 5.41) is 0.807. The van der Waals surface area contributed by atoms with Gasteiger partial charge in [0.1, 0.15) is 5.78 Å². The van der Waals surface area contributed by atoms with Gasteiger partial charge in [0.2, 0.25) is 0 Å². The highest BCUT2D eigenvalue weighted by molar-refractivity contribution is 14.1. The summed E-state index contributed by atoms with van der Waals surface area (Å²) in [5.41, 5.74) is 1.12. The van der Waals surface area contributed by atoms with Gasteiger partial charge in [0.15, 0.2) is 0 Å². The molecule has 2 nitrogen and oxygen atoms in total. The van der Waals surface area contributed by atoms with Crippen molar-refractivity contribution in [3.8, 4) is 0 Å². The number of anilines is 1. The maximum Gasteiger partial charge on any atom is 0.137 e. The van der Waals surface area contributed by atoms with Gasteiger partial charge in [-0.05, 0) is 60.1 Å². The molecule has 2 bridgehead atoms. The van der Waals surface area contributed by atoms with E-state index in [1.54, 1.807) is 0 Å². The van der Waals surface area contributed by atoms with Crippen LogP contribution in [0.3, 0.4) is 0 Å². The Labute approximate surface area is 126 Å². The third-order valence-electron chi connectivity index (χ3n) is 3.97. The maximum absolute atomic E-state index is 11.7. The van der Waals surface area contributed by atoms with Gasteiger partial charge in [-0.25, -0.2) is 0 Å². The van der Waals surface area contributed by atoms with Gasteiger partial charge in [-0.3, -0.25) is 4.79 Å². The average Bonchev–Trinajstić information content (AvgIpc) is 2.31. The lowest BCUT2D eigenvalue weighted by molar-refractivity contribution is -0.121. The number of nitrogens with zero attached hydrogens (tertiary/aromatic N) is 1. The van der Waals surface area contributed by atoms with Gasteiger partial charge < -0.3 is 4.90 Å². The molecule has 0 aromatic heterocycles. The van der Waals surface area contributed by atoms with Crippen molar-refractivity contribution < 1.29 is 4.79 Å². The molecule has 0 amide bonds. The number of hydrogen-bond donors (Lipinski definition) is 0. The Balaban J connectivity index is 2.00. The highest BCUT2D eigenvalue weighted by atomic mass is 127. The monoisotopic (exact) mass is 375 g/mol. The number of hydrogen-bond acceptors (Lipinski definition) is 2. The van der Waals surface area contributed by atoms with Crippen LogP contribution >= 0.6 is 34.2 Å². The first-order chi connectivity index (χ1) is 8.65. The molecule has 2 aliphatic rings. The summed E-state index contributed by atoms with van der Waals surface area (Å²) in [5.74, 6) is 0.419. The highest BCUT2D eigenvalue weighted by Gasteiger charge is 2.38. The number of piperidine rings is 2. The van der Waals surface area contributed by atoms with E-state index in [1.165, 1.54) is 9.99 Å². The fourth-order valence-electron chi connectivity index (χ4n) is 3.25. The van der Waals surface area contributed by atoms with Crippen LogP contribution in [-0.2, 0) is 4.79 Å². The van der Waals surface area contributed by atoms with Gasteiger partial charge in [-0.1, -0.05) is 11.6 Å². The molecule has 96 valence electrons. The van der Waals surface area contributed by atoms with E-state index in [9.17, 15) is 4.79 Å². The Bertz CT molecular complexity index is 475. The summed E-state index contributed by atoms with van der Waals surface area (Å²) >= 11 is 8.66. The zero-order valence-electron chi connectivity index (χ0n) is 10.0. The molecule has 2 aliphatic heterocycles. The number of carbonyl (C=O) groups excluding carboxylic acids is 1. The Morgan fingerprint density at radius 3 is 2.56 bits per heavy atom. The summed E-state index contributed by atoms with van der Waals surface area (Å²) in [6.07, 6.45) is 4.85. The fourth-order valence-corrected chi connectivity index (χ4v) is 3.94. The molecule has 2 fully saturated rings. The molecular weight excluding hydrogens is 361 g/mol. The number of rotatable bonds is 1. The molecule has 1 aromatic rings. The molecular formula is C14H15ClINO. The van der Waals surface area contributed by atoms with Gasteiger partial charge >= 0.3 is 0 Å². The van der Waals surface area contributed by atoms with E-state index in [0.29, 0.717) is 30.7 Å². The first-order valence-corrected chi connectivity index (χ1v) is 7.86. The van der Waals surface area contributed by atoms with Crippen LogP contribution in [0.25, 0.3) is 0 Å². The van der Waals surface area contributed by atoms with Gasteiger partial charge in [-0.2, -0.15) is 0 Å². The van der Waals surface area contributed by atoms with Crippen LogP contribution in [0.2, 0.25) is 5.02 Å². The lowest BCUT2D eigenvalue weighted by Gasteiger charge is -2.47. The predicted molar refractivity (Wildman–Crippen MR) is 82.3 cm³/mol. The van der Waals surface area contributed by atoms with Crippen molar-refractivity contribution in [1.29, 1.82) is 0 Å². The predicted octanol–water partition coefficient (Wildman–Crippen LogP) is 4.04. The molecule has 0 spiro atoms. The Hall–Kier alpha value is -0.290. The van der Waals surface area contributed by atoms with Crippen LogP contribution in [0.15, 0.2) is 18.2 Å². The van der Waals surface area contributed by atoms with Crippen LogP contribution in [0.4, 0.5) is 5.69 Å². The number of ketones is 1. The normalized spacial score (nSPS) is 27.4. The van der Waals surface area contributed by atoms with E-state index in [4.69, 9.17) is 11.6 Å².